The van der Waals surface area contributed by atoms with Gasteiger partial charge in [0.1, 0.15) is 18.2 Å². The summed E-state index contributed by atoms with van der Waals surface area (Å²) in [7, 11) is 1.61. The molecule has 50 heavy (non-hydrogen) atoms. The van der Waals surface area contributed by atoms with Crippen LogP contribution in [0.15, 0.2) is 60.8 Å². The summed E-state index contributed by atoms with van der Waals surface area (Å²) in [5.41, 5.74) is 4.91. The van der Waals surface area contributed by atoms with Crippen LogP contribution in [0.1, 0.15) is 23.2 Å². The van der Waals surface area contributed by atoms with Crippen molar-refractivity contribution in [1.29, 1.82) is 0 Å². The maximum Gasteiger partial charge on any atom is 0.410 e. The van der Waals surface area contributed by atoms with Crippen molar-refractivity contribution >= 4 is 28.5 Å². The Kier molecular flexibility index (Phi) is 11.0. The number of morpholine rings is 1. The Hall–Kier alpha value is -4.72. The van der Waals surface area contributed by atoms with Gasteiger partial charge in [0, 0.05) is 82.7 Å². The number of fused-ring (bicyclic) bond motifs is 2. The molecular formula is C37H45N7O6. The lowest BCUT2D eigenvalue weighted by atomic mass is 10.0. The summed E-state index contributed by atoms with van der Waals surface area (Å²) in [4.78, 5) is 36.4. The van der Waals surface area contributed by atoms with Crippen LogP contribution >= 0.6 is 0 Å². The number of methoxy groups -OCH3 is 1. The number of hydrogen-bond acceptors (Lipinski definition) is 12. The first-order chi connectivity index (χ1) is 24.6. The van der Waals surface area contributed by atoms with E-state index in [2.05, 4.69) is 14.7 Å². The fourth-order valence-corrected chi connectivity index (χ4v) is 6.71. The van der Waals surface area contributed by atoms with Gasteiger partial charge in [-0.1, -0.05) is 36.4 Å². The van der Waals surface area contributed by atoms with Crippen LogP contribution < -0.4 is 19.3 Å². The van der Waals surface area contributed by atoms with Crippen molar-refractivity contribution in [3.63, 3.8) is 0 Å². The molecule has 2 saturated heterocycles. The maximum absolute atomic E-state index is 12.9. The highest BCUT2D eigenvalue weighted by molar-refractivity contribution is 5.92. The second-order valence-electron chi connectivity index (χ2n) is 12.7. The smallest absolute Gasteiger partial charge is 0.410 e. The average Bonchev–Trinajstić information content (AvgIpc) is 3.17. The molecule has 0 spiro atoms. The lowest BCUT2D eigenvalue weighted by Crippen LogP contribution is -2.49. The van der Waals surface area contributed by atoms with Gasteiger partial charge in [-0.05, 0) is 30.5 Å². The third kappa shape index (κ3) is 8.18. The molecule has 13 nitrogen and oxygen atoms in total. The van der Waals surface area contributed by atoms with E-state index in [1.165, 1.54) is 0 Å². The van der Waals surface area contributed by atoms with Crippen LogP contribution in [0.2, 0.25) is 0 Å². The number of aromatic nitrogens is 3. The van der Waals surface area contributed by atoms with Gasteiger partial charge in [0.15, 0.2) is 6.79 Å². The minimum atomic E-state index is -0.296. The molecular weight excluding hydrogens is 638 g/mol. The standard InChI is InChI=1S/C37H45N7O6/c1-46-27-50-30-23-29-9-5-11-38-34(29)33(24-30)44-13-10-31-32(25-44)39-36(48-20-6-12-41-18-21-47-22-19-41)40-35(31)42-14-16-43(17-15-42)37(45)49-26-28-7-3-2-4-8-28/h2-5,7-9,11,23-24H,6,10,12-22,25-27H2,1H3. The SMILES string of the molecule is COCOc1cc(N2CCc3c(nc(OCCCN4CCOCC4)nc3N3CCN(C(=O)OCc4ccccc4)CC3)C2)c2ncccc2c1. The summed E-state index contributed by atoms with van der Waals surface area (Å²) in [6, 6.07) is 18.1. The largest absolute Gasteiger partial charge is 0.467 e. The zero-order valence-electron chi connectivity index (χ0n) is 28.7. The third-order valence-corrected chi connectivity index (χ3v) is 9.36. The number of pyridine rings is 1. The molecule has 0 radical (unpaired) electrons. The Bertz CT molecular complexity index is 1730. The van der Waals surface area contributed by atoms with Crippen molar-refractivity contribution in [2.45, 2.75) is 26.0 Å². The molecule has 0 bridgehead atoms. The Labute approximate surface area is 292 Å². The van der Waals surface area contributed by atoms with Crippen molar-refractivity contribution < 1.29 is 28.5 Å². The van der Waals surface area contributed by atoms with E-state index in [1.807, 2.05) is 60.8 Å². The number of nitrogens with zero attached hydrogens (tertiary/aromatic N) is 7. The van der Waals surface area contributed by atoms with E-state index in [0.29, 0.717) is 45.3 Å². The van der Waals surface area contributed by atoms with Gasteiger partial charge in [-0.15, -0.1) is 0 Å². The topological polar surface area (TPSA) is 115 Å². The minimum Gasteiger partial charge on any atom is -0.467 e. The molecule has 2 fully saturated rings. The molecule has 7 rings (SSSR count). The van der Waals surface area contributed by atoms with Crippen LogP contribution in [0.25, 0.3) is 10.9 Å². The summed E-state index contributed by atoms with van der Waals surface area (Å²) < 4.78 is 28.4. The molecule has 2 aromatic heterocycles. The summed E-state index contributed by atoms with van der Waals surface area (Å²) in [6.45, 7) is 9.02. The molecule has 5 heterocycles. The van der Waals surface area contributed by atoms with Crippen LogP contribution in [0, 0.1) is 0 Å². The molecule has 264 valence electrons. The summed E-state index contributed by atoms with van der Waals surface area (Å²) >= 11 is 0. The fourth-order valence-electron chi connectivity index (χ4n) is 6.71. The maximum atomic E-state index is 12.9. The predicted octanol–water partition coefficient (Wildman–Crippen LogP) is 4.13. The van der Waals surface area contributed by atoms with Gasteiger partial charge in [-0.3, -0.25) is 9.88 Å². The third-order valence-electron chi connectivity index (χ3n) is 9.36. The number of ether oxygens (including phenoxy) is 5. The number of carbonyl (C=O) groups excluding carboxylic acids is 1. The first-order valence-electron chi connectivity index (χ1n) is 17.4. The van der Waals surface area contributed by atoms with Gasteiger partial charge >= 0.3 is 12.1 Å². The van der Waals surface area contributed by atoms with Crippen molar-refractivity contribution in [3.05, 3.63) is 77.6 Å². The lowest BCUT2D eigenvalue weighted by molar-refractivity contribution is 0.0356. The Morgan fingerprint density at radius 1 is 0.900 bits per heavy atom. The molecule has 0 N–H and O–H groups in total. The second kappa shape index (κ2) is 16.3. The number of anilines is 2. The molecule has 0 aliphatic carbocycles. The van der Waals surface area contributed by atoms with Gasteiger partial charge in [-0.2, -0.15) is 9.97 Å². The van der Waals surface area contributed by atoms with Gasteiger partial charge in [0.2, 0.25) is 0 Å². The summed E-state index contributed by atoms with van der Waals surface area (Å²) in [5.74, 6) is 1.61. The summed E-state index contributed by atoms with van der Waals surface area (Å²) in [5, 5.41) is 0.995. The van der Waals surface area contributed by atoms with E-state index in [-0.39, 0.29) is 19.5 Å². The normalized spacial score (nSPS) is 16.7. The van der Waals surface area contributed by atoms with E-state index < -0.39 is 0 Å². The fraction of sp³-hybridized carbons (Fsp3) is 0.459. The molecule has 0 unspecified atom stereocenters. The molecule has 1 amide bonds. The van der Waals surface area contributed by atoms with Gasteiger partial charge in [0.05, 0.1) is 43.3 Å². The zero-order chi connectivity index (χ0) is 34.1. The molecule has 0 atom stereocenters. The first kappa shape index (κ1) is 33.8. The molecule has 0 saturated carbocycles. The predicted molar refractivity (Wildman–Crippen MR) is 189 cm³/mol. The van der Waals surface area contributed by atoms with Crippen LogP contribution in [0.5, 0.6) is 11.8 Å². The van der Waals surface area contributed by atoms with Gasteiger partial charge in [0.25, 0.3) is 0 Å². The summed E-state index contributed by atoms with van der Waals surface area (Å²) in [6.07, 6.45) is 3.14. The second-order valence-corrected chi connectivity index (χ2v) is 12.7. The van der Waals surface area contributed by atoms with Crippen molar-refractivity contribution in [3.8, 4) is 11.8 Å². The minimum absolute atomic E-state index is 0.162. The molecule has 3 aliphatic rings. The van der Waals surface area contributed by atoms with E-state index in [1.54, 1.807) is 12.0 Å². The molecule has 13 heteroatoms. The van der Waals surface area contributed by atoms with Gasteiger partial charge in [-0.25, -0.2) is 4.79 Å². The molecule has 2 aromatic carbocycles. The number of carbonyl (C=O) groups is 1. The highest BCUT2D eigenvalue weighted by atomic mass is 16.7. The Morgan fingerprint density at radius 2 is 1.74 bits per heavy atom. The van der Waals surface area contributed by atoms with Crippen molar-refractivity contribution in [1.82, 2.24) is 24.8 Å². The van der Waals surface area contributed by atoms with Crippen molar-refractivity contribution in [2.75, 3.05) is 95.9 Å². The Balaban J connectivity index is 1.09. The van der Waals surface area contributed by atoms with E-state index in [0.717, 1.165) is 97.2 Å². The number of rotatable bonds is 12. The molecule has 3 aliphatic heterocycles. The number of benzene rings is 2. The Morgan fingerprint density at radius 3 is 2.56 bits per heavy atom. The van der Waals surface area contributed by atoms with Crippen molar-refractivity contribution in [2.24, 2.45) is 0 Å². The van der Waals surface area contributed by atoms with Crippen LogP contribution in [-0.2, 0) is 33.8 Å². The zero-order valence-corrected chi connectivity index (χ0v) is 28.7. The van der Waals surface area contributed by atoms with Crippen LogP contribution in [0.3, 0.4) is 0 Å². The monoisotopic (exact) mass is 683 g/mol. The highest BCUT2D eigenvalue weighted by Gasteiger charge is 2.30. The van der Waals surface area contributed by atoms with Crippen LogP contribution in [-0.4, -0.2) is 117 Å². The van der Waals surface area contributed by atoms with E-state index >= 15 is 0 Å². The average molecular weight is 684 g/mol. The van der Waals surface area contributed by atoms with E-state index in [4.69, 9.17) is 38.6 Å². The highest BCUT2D eigenvalue weighted by Crippen LogP contribution is 2.36. The number of piperazine rings is 1. The molecule has 4 aromatic rings. The van der Waals surface area contributed by atoms with E-state index in [9.17, 15) is 4.79 Å². The van der Waals surface area contributed by atoms with Gasteiger partial charge < -0.3 is 38.4 Å². The van der Waals surface area contributed by atoms with Crippen LogP contribution in [0.4, 0.5) is 16.3 Å². The quantitative estimate of drug-likeness (QED) is 0.158. The first-order valence-corrected chi connectivity index (χ1v) is 17.4. The number of hydrogen-bond donors (Lipinski definition) is 0. The number of amides is 1. The lowest BCUT2D eigenvalue weighted by Gasteiger charge is -2.38.